The third-order valence-electron chi connectivity index (χ3n) is 4.06. The van der Waals surface area contributed by atoms with Crippen LogP contribution in [0, 0.1) is 0 Å². The van der Waals surface area contributed by atoms with E-state index in [4.69, 9.17) is 9.47 Å². The van der Waals surface area contributed by atoms with E-state index < -0.39 is 11.7 Å². The highest BCUT2D eigenvalue weighted by Crippen LogP contribution is 2.32. The van der Waals surface area contributed by atoms with Gasteiger partial charge in [0.05, 0.1) is 25.1 Å². The van der Waals surface area contributed by atoms with E-state index in [1.165, 1.54) is 31.6 Å². The molecule has 1 aromatic heterocycles. The van der Waals surface area contributed by atoms with Crippen molar-refractivity contribution in [3.05, 3.63) is 47.8 Å². The molecule has 1 aliphatic heterocycles. The molecule has 1 saturated heterocycles. The Balaban J connectivity index is 1.60. The third kappa shape index (κ3) is 4.39. The Morgan fingerprint density at radius 3 is 2.60 bits per heavy atom. The zero-order valence-corrected chi connectivity index (χ0v) is 13.7. The second kappa shape index (κ2) is 7.26. The molecule has 0 amide bonds. The van der Waals surface area contributed by atoms with Crippen molar-refractivity contribution in [2.45, 2.75) is 25.2 Å². The van der Waals surface area contributed by atoms with Crippen molar-refractivity contribution >= 4 is 0 Å². The summed E-state index contributed by atoms with van der Waals surface area (Å²) in [6, 6.07) is 5.90. The van der Waals surface area contributed by atoms with Crippen LogP contribution in [0.15, 0.2) is 36.7 Å². The Bertz CT molecular complexity index is 707. The molecule has 25 heavy (non-hydrogen) atoms. The topological polar surface area (TPSA) is 47.5 Å². The smallest absolute Gasteiger partial charge is 0.416 e. The van der Waals surface area contributed by atoms with Gasteiger partial charge in [-0.25, -0.2) is 0 Å². The van der Waals surface area contributed by atoms with Gasteiger partial charge in [0.2, 0.25) is 0 Å². The van der Waals surface area contributed by atoms with E-state index in [2.05, 4.69) is 9.97 Å². The summed E-state index contributed by atoms with van der Waals surface area (Å²) in [5.41, 5.74) is -0.311. The zero-order chi connectivity index (χ0) is 17.9. The Kier molecular flexibility index (Phi) is 5.08. The van der Waals surface area contributed by atoms with Gasteiger partial charge in [0, 0.05) is 19.6 Å². The summed E-state index contributed by atoms with van der Waals surface area (Å²) in [5, 5.41) is 0. The first-order chi connectivity index (χ1) is 12.0. The van der Waals surface area contributed by atoms with E-state index in [1.807, 2.05) is 4.90 Å². The molecule has 0 saturated carbocycles. The minimum atomic E-state index is -4.34. The molecule has 3 rings (SSSR count). The lowest BCUT2D eigenvalue weighted by Gasteiger charge is -2.19. The molecule has 134 valence electrons. The van der Waals surface area contributed by atoms with Crippen LogP contribution in [0.25, 0.3) is 0 Å². The highest BCUT2D eigenvalue weighted by Gasteiger charge is 2.34. The highest BCUT2D eigenvalue weighted by atomic mass is 19.4. The van der Waals surface area contributed by atoms with Gasteiger partial charge >= 0.3 is 12.2 Å². The van der Waals surface area contributed by atoms with E-state index in [9.17, 15) is 13.2 Å². The molecule has 0 N–H and O–H groups in total. The number of alkyl halides is 3. The van der Waals surface area contributed by atoms with Crippen molar-refractivity contribution in [3.8, 4) is 11.8 Å². The van der Waals surface area contributed by atoms with Crippen LogP contribution in [-0.2, 0) is 12.7 Å². The number of hydrogen-bond acceptors (Lipinski definition) is 5. The number of aromatic nitrogens is 2. The lowest BCUT2D eigenvalue weighted by Crippen LogP contribution is -2.26. The third-order valence-corrected chi connectivity index (χ3v) is 4.06. The predicted molar refractivity (Wildman–Crippen MR) is 84.3 cm³/mol. The fraction of sp³-hybridized carbons (Fsp3) is 0.412. The summed E-state index contributed by atoms with van der Waals surface area (Å²) in [5.74, 6) is 0.532. The van der Waals surface area contributed by atoms with Gasteiger partial charge in [-0.05, 0) is 18.1 Å². The minimum absolute atomic E-state index is 0.147. The Hall–Kier alpha value is -2.35. The lowest BCUT2D eigenvalue weighted by molar-refractivity contribution is -0.138. The van der Waals surface area contributed by atoms with Crippen LogP contribution in [-0.4, -0.2) is 41.2 Å². The molecular weight excluding hydrogens is 335 g/mol. The fourth-order valence-corrected chi connectivity index (χ4v) is 2.83. The number of likely N-dealkylation sites (tertiary alicyclic amines) is 1. The first-order valence-electron chi connectivity index (χ1n) is 7.86. The maximum Gasteiger partial charge on any atom is 0.416 e. The SMILES string of the molecule is COc1cnc(OC2CCN(Cc3ccccc3C(F)(F)F)C2)nc1. The molecule has 0 radical (unpaired) electrons. The predicted octanol–water partition coefficient (Wildman–Crippen LogP) is 3.16. The number of benzene rings is 1. The zero-order valence-electron chi connectivity index (χ0n) is 13.7. The summed E-state index contributed by atoms with van der Waals surface area (Å²) in [4.78, 5) is 10.0. The molecule has 8 heteroatoms. The van der Waals surface area contributed by atoms with Gasteiger partial charge in [-0.1, -0.05) is 18.2 Å². The standard InChI is InChI=1S/C17H18F3N3O2/c1-24-14-8-21-16(22-9-14)25-13-6-7-23(11-13)10-12-4-2-3-5-15(12)17(18,19)20/h2-5,8-9,13H,6-7,10-11H2,1H3. The van der Waals surface area contributed by atoms with Gasteiger partial charge in [-0.15, -0.1) is 0 Å². The molecule has 1 unspecified atom stereocenters. The quantitative estimate of drug-likeness (QED) is 0.826. The number of halogens is 3. The van der Waals surface area contributed by atoms with Crippen LogP contribution in [0.4, 0.5) is 13.2 Å². The van der Waals surface area contributed by atoms with Crippen LogP contribution in [0.2, 0.25) is 0 Å². The highest BCUT2D eigenvalue weighted by molar-refractivity contribution is 5.29. The van der Waals surface area contributed by atoms with Crippen LogP contribution < -0.4 is 9.47 Å². The van der Waals surface area contributed by atoms with Gasteiger partial charge in [-0.3, -0.25) is 4.90 Å². The van der Waals surface area contributed by atoms with Gasteiger partial charge in [0.25, 0.3) is 0 Å². The van der Waals surface area contributed by atoms with Crippen molar-refractivity contribution < 1.29 is 22.6 Å². The molecule has 0 aliphatic carbocycles. The number of rotatable bonds is 5. The molecule has 0 bridgehead atoms. The van der Waals surface area contributed by atoms with E-state index in [0.29, 0.717) is 25.3 Å². The van der Waals surface area contributed by atoms with Crippen LogP contribution in [0.3, 0.4) is 0 Å². The van der Waals surface area contributed by atoms with Crippen molar-refractivity contribution in [1.82, 2.24) is 14.9 Å². The largest absolute Gasteiger partial charge is 0.494 e. The summed E-state index contributed by atoms with van der Waals surface area (Å²) < 4.78 is 49.9. The summed E-state index contributed by atoms with van der Waals surface area (Å²) in [6.45, 7) is 1.42. The first-order valence-corrected chi connectivity index (χ1v) is 7.86. The Labute approximate surface area is 143 Å². The summed E-state index contributed by atoms with van der Waals surface area (Å²) in [6.07, 6.45) is -0.762. The Morgan fingerprint density at radius 1 is 1.20 bits per heavy atom. The van der Waals surface area contributed by atoms with Gasteiger partial charge in [0.1, 0.15) is 6.10 Å². The van der Waals surface area contributed by atoms with Crippen molar-refractivity contribution in [2.24, 2.45) is 0 Å². The molecule has 1 atom stereocenters. The summed E-state index contributed by atoms with van der Waals surface area (Å²) >= 11 is 0. The second-order valence-electron chi connectivity index (χ2n) is 5.82. The van der Waals surface area contributed by atoms with Crippen molar-refractivity contribution in [3.63, 3.8) is 0 Å². The molecular formula is C17H18F3N3O2. The van der Waals surface area contributed by atoms with Gasteiger partial charge in [-0.2, -0.15) is 23.1 Å². The first kappa shape index (κ1) is 17.5. The molecule has 1 fully saturated rings. The molecule has 1 aliphatic rings. The maximum atomic E-state index is 13.1. The van der Waals surface area contributed by atoms with E-state index in [1.54, 1.807) is 6.07 Å². The van der Waals surface area contributed by atoms with Gasteiger partial charge < -0.3 is 9.47 Å². The van der Waals surface area contributed by atoms with E-state index in [-0.39, 0.29) is 24.2 Å². The minimum Gasteiger partial charge on any atom is -0.494 e. The van der Waals surface area contributed by atoms with Crippen LogP contribution in [0.1, 0.15) is 17.5 Å². The Morgan fingerprint density at radius 2 is 1.92 bits per heavy atom. The van der Waals surface area contributed by atoms with Crippen molar-refractivity contribution in [2.75, 3.05) is 20.2 Å². The average molecular weight is 353 g/mol. The number of ether oxygens (including phenoxy) is 2. The molecule has 1 aromatic carbocycles. The number of hydrogen-bond donors (Lipinski definition) is 0. The van der Waals surface area contributed by atoms with Crippen LogP contribution in [0.5, 0.6) is 11.8 Å². The molecule has 2 heterocycles. The second-order valence-corrected chi connectivity index (χ2v) is 5.82. The lowest BCUT2D eigenvalue weighted by atomic mass is 10.1. The molecule has 0 spiro atoms. The maximum absolute atomic E-state index is 13.1. The van der Waals surface area contributed by atoms with Gasteiger partial charge in [0.15, 0.2) is 5.75 Å². The van der Waals surface area contributed by atoms with E-state index >= 15 is 0 Å². The molecule has 2 aromatic rings. The van der Waals surface area contributed by atoms with E-state index in [0.717, 1.165) is 6.07 Å². The monoisotopic (exact) mass is 353 g/mol. The average Bonchev–Trinajstić information content (AvgIpc) is 3.02. The van der Waals surface area contributed by atoms with Crippen molar-refractivity contribution in [1.29, 1.82) is 0 Å². The molecule has 5 nitrogen and oxygen atoms in total. The normalized spacial score (nSPS) is 18.3. The number of methoxy groups -OCH3 is 1. The van der Waals surface area contributed by atoms with Crippen LogP contribution >= 0.6 is 0 Å². The number of nitrogens with zero attached hydrogens (tertiary/aromatic N) is 3. The fourth-order valence-electron chi connectivity index (χ4n) is 2.83. The summed E-state index contributed by atoms with van der Waals surface area (Å²) in [7, 11) is 1.52.